The van der Waals surface area contributed by atoms with Gasteiger partial charge in [0.2, 0.25) is 0 Å². The molecule has 25 heavy (non-hydrogen) atoms. The summed E-state index contributed by atoms with van der Waals surface area (Å²) in [6.07, 6.45) is 0.133. The molecule has 0 N–H and O–H groups in total. The second-order valence-electron chi connectivity index (χ2n) is 6.91. The molecule has 0 radical (unpaired) electrons. The van der Waals surface area contributed by atoms with Crippen molar-refractivity contribution in [2.45, 2.75) is 46.5 Å². The first-order chi connectivity index (χ1) is 11.6. The van der Waals surface area contributed by atoms with Crippen LogP contribution in [0.5, 0.6) is 5.75 Å². The second kappa shape index (κ2) is 6.90. The number of carbonyl (C=O) groups excluding carboxylic acids is 1. The van der Waals surface area contributed by atoms with Gasteiger partial charge in [0.05, 0.1) is 0 Å². The Balaban J connectivity index is 2.53. The molecular formula is C20H21F3O2. The van der Waals surface area contributed by atoms with E-state index in [1.54, 1.807) is 31.2 Å². The average Bonchev–Trinajstić information content (AvgIpc) is 2.53. The molecule has 0 unspecified atom stereocenters. The first-order valence-corrected chi connectivity index (χ1v) is 8.07. The zero-order valence-corrected chi connectivity index (χ0v) is 15.0. The number of halogens is 3. The van der Waals surface area contributed by atoms with Crippen LogP contribution in [-0.4, -0.2) is 5.97 Å². The van der Waals surface area contributed by atoms with Crippen molar-refractivity contribution >= 4 is 5.97 Å². The molecule has 5 heteroatoms. The molecule has 0 fully saturated rings. The molecule has 2 nitrogen and oxygen atoms in total. The second-order valence-corrected chi connectivity index (χ2v) is 6.91. The van der Waals surface area contributed by atoms with E-state index in [0.717, 1.165) is 5.56 Å². The summed E-state index contributed by atoms with van der Waals surface area (Å²) in [6.45, 7) is 8.82. The topological polar surface area (TPSA) is 26.3 Å². The summed E-state index contributed by atoms with van der Waals surface area (Å²) < 4.78 is 47.2. The van der Waals surface area contributed by atoms with Gasteiger partial charge in [0, 0.05) is 5.56 Å². The van der Waals surface area contributed by atoms with Gasteiger partial charge in [0.15, 0.2) is 17.5 Å². The van der Waals surface area contributed by atoms with Crippen LogP contribution in [0.1, 0.15) is 54.7 Å². The van der Waals surface area contributed by atoms with E-state index in [9.17, 15) is 18.0 Å². The summed E-state index contributed by atoms with van der Waals surface area (Å²) in [7, 11) is 0. The number of para-hydroxylation sites is 1. The molecule has 0 aromatic heterocycles. The Labute approximate surface area is 145 Å². The van der Waals surface area contributed by atoms with Gasteiger partial charge in [-0.2, -0.15) is 0 Å². The van der Waals surface area contributed by atoms with Crippen LogP contribution in [0.4, 0.5) is 13.2 Å². The third-order valence-electron chi connectivity index (χ3n) is 4.15. The molecule has 0 atom stereocenters. The normalized spacial score (nSPS) is 11.5. The highest BCUT2D eigenvalue weighted by Crippen LogP contribution is 2.32. The third kappa shape index (κ3) is 3.55. The van der Waals surface area contributed by atoms with Gasteiger partial charge >= 0.3 is 5.97 Å². The molecule has 134 valence electrons. The van der Waals surface area contributed by atoms with Crippen LogP contribution in [0.15, 0.2) is 24.3 Å². The largest absolute Gasteiger partial charge is 0.423 e. The van der Waals surface area contributed by atoms with Crippen molar-refractivity contribution in [3.05, 3.63) is 64.0 Å². The summed E-state index contributed by atoms with van der Waals surface area (Å²) >= 11 is 0. The van der Waals surface area contributed by atoms with Crippen molar-refractivity contribution in [2.24, 2.45) is 0 Å². The van der Waals surface area contributed by atoms with Crippen molar-refractivity contribution in [3.8, 4) is 5.75 Å². The third-order valence-corrected chi connectivity index (χ3v) is 4.15. The molecule has 0 heterocycles. The van der Waals surface area contributed by atoms with E-state index in [0.29, 0.717) is 0 Å². The highest BCUT2D eigenvalue weighted by molar-refractivity contribution is 5.93. The Morgan fingerprint density at radius 2 is 1.64 bits per heavy atom. The van der Waals surface area contributed by atoms with E-state index in [1.165, 1.54) is 6.92 Å². The minimum atomic E-state index is -1.65. The average molecular weight is 350 g/mol. The molecule has 0 aliphatic carbocycles. The van der Waals surface area contributed by atoms with E-state index in [1.807, 2.05) is 20.8 Å². The first-order valence-electron chi connectivity index (χ1n) is 8.07. The highest BCUT2D eigenvalue weighted by atomic mass is 19.2. The lowest BCUT2D eigenvalue weighted by Crippen LogP contribution is -2.20. The van der Waals surface area contributed by atoms with Gasteiger partial charge in [-0.1, -0.05) is 45.9 Å². The Kier molecular flexibility index (Phi) is 5.26. The van der Waals surface area contributed by atoms with E-state index in [-0.39, 0.29) is 28.7 Å². The van der Waals surface area contributed by atoms with Gasteiger partial charge in [0.25, 0.3) is 0 Å². The highest BCUT2D eigenvalue weighted by Gasteiger charge is 2.28. The van der Waals surface area contributed by atoms with Crippen molar-refractivity contribution in [2.75, 3.05) is 0 Å². The van der Waals surface area contributed by atoms with Gasteiger partial charge in [-0.05, 0) is 36.0 Å². The van der Waals surface area contributed by atoms with Crippen LogP contribution in [0.2, 0.25) is 0 Å². The maximum Gasteiger partial charge on any atom is 0.346 e. The van der Waals surface area contributed by atoms with Gasteiger partial charge in [0.1, 0.15) is 11.3 Å². The minimum absolute atomic E-state index is 0.0324. The van der Waals surface area contributed by atoms with E-state index >= 15 is 0 Å². The molecular weight excluding hydrogens is 329 g/mol. The van der Waals surface area contributed by atoms with Crippen molar-refractivity contribution in [1.82, 2.24) is 0 Å². The Hall–Kier alpha value is -2.30. The van der Waals surface area contributed by atoms with Gasteiger partial charge < -0.3 is 4.74 Å². The van der Waals surface area contributed by atoms with E-state index < -0.39 is 29.0 Å². The zero-order valence-electron chi connectivity index (χ0n) is 15.0. The lowest BCUT2D eigenvalue weighted by atomic mass is 9.86. The number of hydrogen-bond donors (Lipinski definition) is 0. The molecule has 2 aromatic rings. The lowest BCUT2D eigenvalue weighted by molar-refractivity contribution is 0.0724. The Bertz CT molecular complexity index is 821. The number of esters is 1. The predicted octanol–water partition coefficient (Wildman–Crippen LogP) is 5.49. The zero-order chi connectivity index (χ0) is 18.9. The minimum Gasteiger partial charge on any atom is -0.423 e. The summed E-state index contributed by atoms with van der Waals surface area (Å²) in [5.41, 5.74) is -0.112. The van der Waals surface area contributed by atoms with Crippen LogP contribution in [-0.2, 0) is 11.8 Å². The predicted molar refractivity (Wildman–Crippen MR) is 90.5 cm³/mol. The molecule has 2 aromatic carbocycles. The summed E-state index contributed by atoms with van der Waals surface area (Å²) in [6, 6.07) is 6.88. The van der Waals surface area contributed by atoms with Crippen LogP contribution in [0.25, 0.3) is 0 Å². The fourth-order valence-electron chi connectivity index (χ4n) is 2.81. The molecule has 0 aliphatic heterocycles. The van der Waals surface area contributed by atoms with E-state index in [4.69, 9.17) is 4.74 Å². The molecule has 0 spiro atoms. The number of hydrogen-bond acceptors (Lipinski definition) is 2. The van der Waals surface area contributed by atoms with E-state index in [2.05, 4.69) is 0 Å². The monoisotopic (exact) mass is 350 g/mol. The van der Waals surface area contributed by atoms with Gasteiger partial charge in [-0.15, -0.1) is 0 Å². The molecule has 0 amide bonds. The fraction of sp³-hybridized carbons (Fsp3) is 0.350. The Morgan fingerprint density at radius 3 is 2.20 bits per heavy atom. The summed E-state index contributed by atoms with van der Waals surface area (Å²) in [5, 5.41) is 0. The number of benzene rings is 2. The van der Waals surface area contributed by atoms with Gasteiger partial charge in [-0.25, -0.2) is 18.0 Å². The van der Waals surface area contributed by atoms with Crippen LogP contribution in [0.3, 0.4) is 0 Å². The molecule has 0 bridgehead atoms. The molecule has 0 saturated heterocycles. The van der Waals surface area contributed by atoms with Crippen molar-refractivity contribution in [3.63, 3.8) is 0 Å². The quantitative estimate of drug-likeness (QED) is 0.415. The standard InChI is InChI=1S/C20H21F3O2/c1-6-12-11(2)15(17(22)18(23)16(12)21)19(24)25-14-10-8-7-9-13(14)20(3,4)5/h7-10H,6H2,1-5H3. The van der Waals surface area contributed by atoms with Crippen LogP contribution >= 0.6 is 0 Å². The SMILES string of the molecule is CCc1c(C)c(C(=O)Oc2ccccc2C(C)(C)C)c(F)c(F)c1F. The lowest BCUT2D eigenvalue weighted by Gasteiger charge is -2.22. The molecule has 2 rings (SSSR count). The van der Waals surface area contributed by atoms with Crippen molar-refractivity contribution in [1.29, 1.82) is 0 Å². The number of ether oxygens (including phenoxy) is 1. The molecule has 0 aliphatic rings. The smallest absolute Gasteiger partial charge is 0.346 e. The first kappa shape index (κ1) is 19.0. The van der Waals surface area contributed by atoms with Crippen LogP contribution in [0, 0.1) is 24.4 Å². The molecule has 0 saturated carbocycles. The van der Waals surface area contributed by atoms with Crippen molar-refractivity contribution < 1.29 is 22.7 Å². The maximum absolute atomic E-state index is 14.2. The Morgan fingerprint density at radius 1 is 1.04 bits per heavy atom. The number of carbonyl (C=O) groups is 1. The maximum atomic E-state index is 14.2. The van der Waals surface area contributed by atoms with Crippen LogP contribution < -0.4 is 4.74 Å². The fourth-order valence-corrected chi connectivity index (χ4v) is 2.81. The summed E-state index contributed by atoms with van der Waals surface area (Å²) in [4.78, 5) is 12.5. The summed E-state index contributed by atoms with van der Waals surface area (Å²) in [5.74, 6) is -5.21. The van der Waals surface area contributed by atoms with Gasteiger partial charge in [-0.3, -0.25) is 0 Å². The number of rotatable bonds is 3.